The van der Waals surface area contributed by atoms with Gasteiger partial charge in [-0.3, -0.25) is 0 Å². The van der Waals surface area contributed by atoms with Gasteiger partial charge in [0.05, 0.1) is 25.3 Å². The summed E-state index contributed by atoms with van der Waals surface area (Å²) in [5.41, 5.74) is 2.23. The number of halogens is 2. The van der Waals surface area contributed by atoms with Crippen LogP contribution in [-0.2, 0) is 0 Å². The van der Waals surface area contributed by atoms with E-state index in [1.54, 1.807) is 25.6 Å². The van der Waals surface area contributed by atoms with Crippen molar-refractivity contribution in [3.8, 4) is 11.5 Å². The zero-order valence-electron chi connectivity index (χ0n) is 12.1. The second-order valence-electron chi connectivity index (χ2n) is 4.40. The van der Waals surface area contributed by atoms with Crippen LogP contribution in [0.4, 0.5) is 0 Å². The van der Waals surface area contributed by atoms with Gasteiger partial charge in [0.25, 0.3) is 0 Å². The third kappa shape index (κ3) is 3.54. The molecule has 0 fully saturated rings. The van der Waals surface area contributed by atoms with Crippen LogP contribution in [0.1, 0.15) is 24.1 Å². The summed E-state index contributed by atoms with van der Waals surface area (Å²) in [6, 6.07) is 3.93. The zero-order valence-corrected chi connectivity index (χ0v) is 15.2. The predicted octanol–water partition coefficient (Wildman–Crippen LogP) is 4.88. The summed E-state index contributed by atoms with van der Waals surface area (Å²) in [5, 5.41) is 8.22. The molecular weight excluding hydrogens is 374 g/mol. The van der Waals surface area contributed by atoms with Crippen molar-refractivity contribution in [2.75, 3.05) is 20.8 Å². The van der Waals surface area contributed by atoms with E-state index in [0.29, 0.717) is 16.5 Å². The average molecular weight is 391 g/mol. The van der Waals surface area contributed by atoms with E-state index in [4.69, 9.17) is 21.1 Å². The summed E-state index contributed by atoms with van der Waals surface area (Å²) in [5.74, 6) is 1.19. The molecule has 0 saturated carbocycles. The van der Waals surface area contributed by atoms with Gasteiger partial charge >= 0.3 is 0 Å². The number of benzene rings is 1. The summed E-state index contributed by atoms with van der Waals surface area (Å²) in [4.78, 5) is 0. The SMILES string of the molecule is CCNC(c1cc(Cl)c(OC)c(OC)c1)c1cscc1Br. The van der Waals surface area contributed by atoms with Gasteiger partial charge in [-0.2, -0.15) is 11.3 Å². The average Bonchev–Trinajstić information content (AvgIpc) is 2.89. The van der Waals surface area contributed by atoms with E-state index < -0.39 is 0 Å². The quantitative estimate of drug-likeness (QED) is 0.762. The summed E-state index contributed by atoms with van der Waals surface area (Å²) in [7, 11) is 3.20. The number of hydrogen-bond donors (Lipinski definition) is 1. The highest BCUT2D eigenvalue weighted by Gasteiger charge is 2.20. The third-order valence-corrected chi connectivity index (χ3v) is 5.18. The van der Waals surface area contributed by atoms with Crippen molar-refractivity contribution < 1.29 is 9.47 Å². The van der Waals surface area contributed by atoms with Crippen molar-refractivity contribution in [3.05, 3.63) is 43.5 Å². The Labute approximate surface area is 142 Å². The molecule has 1 unspecified atom stereocenters. The lowest BCUT2D eigenvalue weighted by Crippen LogP contribution is -2.22. The van der Waals surface area contributed by atoms with Crippen LogP contribution < -0.4 is 14.8 Å². The Morgan fingerprint density at radius 1 is 1.29 bits per heavy atom. The van der Waals surface area contributed by atoms with Crippen LogP contribution in [-0.4, -0.2) is 20.8 Å². The Morgan fingerprint density at radius 2 is 2.05 bits per heavy atom. The minimum absolute atomic E-state index is 0.0490. The number of rotatable bonds is 6. The number of thiophene rings is 1. The summed E-state index contributed by atoms with van der Waals surface area (Å²) >= 11 is 11.6. The van der Waals surface area contributed by atoms with Crippen LogP contribution >= 0.6 is 38.9 Å². The van der Waals surface area contributed by atoms with Gasteiger partial charge in [-0.1, -0.05) is 18.5 Å². The summed E-state index contributed by atoms with van der Waals surface area (Å²) < 4.78 is 11.8. The summed E-state index contributed by atoms with van der Waals surface area (Å²) in [6.07, 6.45) is 0. The molecular formula is C15H17BrClNO2S. The lowest BCUT2D eigenvalue weighted by Gasteiger charge is -2.20. The molecule has 3 nitrogen and oxygen atoms in total. The number of nitrogens with one attached hydrogen (secondary N) is 1. The fourth-order valence-corrected chi connectivity index (χ4v) is 4.06. The van der Waals surface area contributed by atoms with Crippen LogP contribution in [0.3, 0.4) is 0 Å². The molecule has 1 aromatic carbocycles. The van der Waals surface area contributed by atoms with Gasteiger partial charge in [-0.25, -0.2) is 0 Å². The van der Waals surface area contributed by atoms with Crippen molar-refractivity contribution in [1.82, 2.24) is 5.32 Å². The van der Waals surface area contributed by atoms with Gasteiger partial charge < -0.3 is 14.8 Å². The van der Waals surface area contributed by atoms with E-state index in [1.165, 1.54) is 5.56 Å². The molecule has 1 heterocycles. The first-order chi connectivity index (χ1) is 10.1. The largest absolute Gasteiger partial charge is 0.493 e. The number of methoxy groups -OCH3 is 2. The zero-order chi connectivity index (χ0) is 15.4. The Bertz CT molecular complexity index is 618. The topological polar surface area (TPSA) is 30.5 Å². The Morgan fingerprint density at radius 3 is 2.57 bits per heavy atom. The summed E-state index contributed by atoms with van der Waals surface area (Å²) in [6.45, 7) is 2.93. The molecule has 0 radical (unpaired) electrons. The second kappa shape index (κ2) is 7.49. The van der Waals surface area contributed by atoms with Crippen molar-refractivity contribution in [3.63, 3.8) is 0 Å². The highest BCUT2D eigenvalue weighted by atomic mass is 79.9. The standard InChI is InChI=1S/C15H17BrClNO2S/c1-4-18-14(10-7-21-8-11(10)16)9-5-12(17)15(20-3)13(6-9)19-2/h5-8,14,18H,4H2,1-3H3. The first kappa shape index (κ1) is 16.6. The molecule has 0 amide bonds. The van der Waals surface area contributed by atoms with Gasteiger partial charge in [0.1, 0.15) is 0 Å². The molecule has 0 saturated heterocycles. The molecule has 6 heteroatoms. The van der Waals surface area contributed by atoms with Crippen LogP contribution in [0, 0.1) is 0 Å². The molecule has 114 valence electrons. The van der Waals surface area contributed by atoms with Crippen LogP contribution in [0.2, 0.25) is 5.02 Å². The molecule has 2 rings (SSSR count). The van der Waals surface area contributed by atoms with Crippen LogP contribution in [0.15, 0.2) is 27.4 Å². The van der Waals surface area contributed by atoms with Gasteiger partial charge in [-0.05, 0) is 51.1 Å². The fourth-order valence-electron chi connectivity index (χ4n) is 2.21. The monoisotopic (exact) mass is 389 g/mol. The molecule has 21 heavy (non-hydrogen) atoms. The number of hydrogen-bond acceptors (Lipinski definition) is 4. The fraction of sp³-hybridized carbons (Fsp3) is 0.333. The second-order valence-corrected chi connectivity index (χ2v) is 6.41. The molecule has 0 aliphatic heterocycles. The molecule has 0 spiro atoms. The lowest BCUT2D eigenvalue weighted by atomic mass is 10.0. The molecule has 0 bridgehead atoms. The van der Waals surface area contributed by atoms with E-state index in [1.807, 2.05) is 12.1 Å². The first-order valence-electron chi connectivity index (χ1n) is 6.48. The van der Waals surface area contributed by atoms with Gasteiger partial charge in [0.15, 0.2) is 11.5 Å². The predicted molar refractivity (Wildman–Crippen MR) is 92.1 cm³/mol. The van der Waals surface area contributed by atoms with E-state index in [2.05, 4.69) is 38.9 Å². The highest BCUT2D eigenvalue weighted by molar-refractivity contribution is 9.10. The Balaban J connectivity index is 2.51. The maximum atomic E-state index is 6.32. The molecule has 0 aliphatic rings. The van der Waals surface area contributed by atoms with Gasteiger partial charge in [0.2, 0.25) is 0 Å². The van der Waals surface area contributed by atoms with E-state index in [9.17, 15) is 0 Å². The van der Waals surface area contributed by atoms with E-state index >= 15 is 0 Å². The van der Waals surface area contributed by atoms with Crippen LogP contribution in [0.25, 0.3) is 0 Å². The normalized spacial score (nSPS) is 12.2. The Hall–Kier alpha value is -0.750. The Kier molecular flexibility index (Phi) is 5.93. The molecule has 1 atom stereocenters. The number of ether oxygens (including phenoxy) is 2. The van der Waals surface area contributed by atoms with Crippen molar-refractivity contribution in [2.45, 2.75) is 13.0 Å². The van der Waals surface area contributed by atoms with Gasteiger partial charge in [0, 0.05) is 9.85 Å². The van der Waals surface area contributed by atoms with E-state index in [-0.39, 0.29) is 6.04 Å². The minimum Gasteiger partial charge on any atom is -0.493 e. The maximum Gasteiger partial charge on any atom is 0.179 e. The van der Waals surface area contributed by atoms with E-state index in [0.717, 1.165) is 16.6 Å². The van der Waals surface area contributed by atoms with Gasteiger partial charge in [-0.15, -0.1) is 0 Å². The van der Waals surface area contributed by atoms with Crippen LogP contribution in [0.5, 0.6) is 11.5 Å². The first-order valence-corrected chi connectivity index (χ1v) is 8.60. The van der Waals surface area contributed by atoms with Crippen molar-refractivity contribution >= 4 is 38.9 Å². The molecule has 0 aliphatic carbocycles. The highest BCUT2D eigenvalue weighted by Crippen LogP contribution is 2.40. The van der Waals surface area contributed by atoms with Crippen molar-refractivity contribution in [1.29, 1.82) is 0 Å². The smallest absolute Gasteiger partial charge is 0.179 e. The molecule has 1 N–H and O–H groups in total. The molecule has 1 aromatic heterocycles. The maximum absolute atomic E-state index is 6.32. The molecule has 2 aromatic rings. The third-order valence-electron chi connectivity index (χ3n) is 3.15. The van der Waals surface area contributed by atoms with Crippen molar-refractivity contribution in [2.24, 2.45) is 0 Å². The minimum atomic E-state index is 0.0490. The lowest BCUT2D eigenvalue weighted by molar-refractivity contribution is 0.354.